The molecule has 4 aromatic carbocycles. The molecular weight excluding hydrogens is 649 g/mol. The van der Waals surface area contributed by atoms with E-state index in [1.807, 2.05) is 0 Å². The van der Waals surface area contributed by atoms with Gasteiger partial charge < -0.3 is 14.7 Å². The van der Waals surface area contributed by atoms with Gasteiger partial charge >= 0.3 is 0 Å². The molecule has 0 saturated heterocycles. The third-order valence-electron chi connectivity index (χ3n) is 13.5. The zero-order valence-corrected chi connectivity index (χ0v) is 32.2. The SMILES string of the molecule is CC12CCCC[C@]1(C)C1=C3C(CC=C1)B1c4ccc(N(C5=CCCC=C5)c5ccccc5)cc4N(c4ccccc4)c4cc(S(C)(C)C)cc(c41)N32. The second-order valence-electron chi connectivity index (χ2n) is 17.1. The number of anilines is 6. The highest BCUT2D eigenvalue weighted by atomic mass is 32.3. The van der Waals surface area contributed by atoms with Gasteiger partial charge in [-0.3, -0.25) is 0 Å². The Labute approximate surface area is 312 Å². The lowest BCUT2D eigenvalue weighted by Gasteiger charge is -2.55. The van der Waals surface area contributed by atoms with Gasteiger partial charge in [0.05, 0.1) is 5.54 Å². The largest absolute Gasteiger partial charge is 0.339 e. The predicted molar refractivity (Wildman–Crippen MR) is 227 cm³/mol. The molecular formula is C47H50BN3S. The number of para-hydroxylation sites is 2. The molecule has 262 valence electrons. The Balaban J connectivity index is 1.28. The highest BCUT2D eigenvalue weighted by Gasteiger charge is 2.63. The minimum atomic E-state index is -1.04. The second-order valence-corrected chi connectivity index (χ2v) is 21.2. The van der Waals surface area contributed by atoms with Crippen LogP contribution in [0.15, 0.2) is 143 Å². The molecule has 3 aliphatic heterocycles. The summed E-state index contributed by atoms with van der Waals surface area (Å²) in [5, 5.41) is 0. The third kappa shape index (κ3) is 4.47. The summed E-state index contributed by atoms with van der Waals surface area (Å²) < 4.78 is 0. The van der Waals surface area contributed by atoms with Crippen molar-refractivity contribution >= 4 is 61.8 Å². The average Bonchev–Trinajstić information content (AvgIpc) is 3.38. The standard InChI is InChI=1S/C47H50BN3S/c1-46-28-15-16-29-47(46,2)51-43-32-37(52(3,4)5)31-42-44(43)48(40-25-17-24-38(46)45(40)51)39-27-26-36(30-41(39)50(42)35-22-13-8-14-23-35)49(33-18-9-6-10-19-33)34-20-11-7-12-21-34/h6,8-11,13-14,17-24,26-27,30-32,40H,7,12,15-16,25,28-29H2,1-5H3/t40?,46-,47?/m1/s1. The van der Waals surface area contributed by atoms with Crippen LogP contribution in [-0.4, -0.2) is 31.0 Å². The van der Waals surface area contributed by atoms with Gasteiger partial charge in [-0.25, -0.2) is 10.0 Å². The summed E-state index contributed by atoms with van der Waals surface area (Å²) in [5.41, 5.74) is 15.5. The minimum absolute atomic E-state index is 0.0621. The van der Waals surface area contributed by atoms with Gasteiger partial charge in [0.25, 0.3) is 0 Å². The molecule has 2 unspecified atom stereocenters. The number of benzene rings is 4. The maximum absolute atomic E-state index is 2.93. The predicted octanol–water partition coefficient (Wildman–Crippen LogP) is 11.3. The first-order chi connectivity index (χ1) is 25.2. The van der Waals surface area contributed by atoms with Gasteiger partial charge in [-0.05, 0) is 140 Å². The van der Waals surface area contributed by atoms with E-state index in [0.29, 0.717) is 5.82 Å². The first-order valence-electron chi connectivity index (χ1n) is 19.5. The fourth-order valence-electron chi connectivity index (χ4n) is 10.8. The van der Waals surface area contributed by atoms with Gasteiger partial charge in [0.15, 0.2) is 0 Å². The maximum atomic E-state index is 2.93. The molecule has 3 atom stereocenters. The van der Waals surface area contributed by atoms with E-state index in [-0.39, 0.29) is 17.7 Å². The number of allylic oxidation sites excluding steroid dienone is 6. The first kappa shape index (κ1) is 32.3. The molecule has 1 saturated carbocycles. The molecule has 0 amide bonds. The Morgan fingerprint density at radius 3 is 2.25 bits per heavy atom. The maximum Gasteiger partial charge on any atom is 0.226 e. The molecule has 3 nitrogen and oxygen atoms in total. The molecule has 0 aromatic heterocycles. The van der Waals surface area contributed by atoms with Crippen molar-refractivity contribution in [1.82, 2.24) is 0 Å². The van der Waals surface area contributed by atoms with Crippen LogP contribution in [0, 0.1) is 5.41 Å². The number of fused-ring (bicyclic) bond motifs is 7. The van der Waals surface area contributed by atoms with Crippen molar-refractivity contribution in [3.8, 4) is 0 Å². The Kier molecular flexibility index (Phi) is 7.19. The van der Waals surface area contributed by atoms with Crippen LogP contribution in [0.5, 0.6) is 0 Å². The molecule has 0 radical (unpaired) electrons. The lowest BCUT2D eigenvalue weighted by molar-refractivity contribution is 0.153. The molecule has 5 heteroatoms. The van der Waals surface area contributed by atoms with Crippen LogP contribution in [-0.2, 0) is 0 Å². The average molecular weight is 700 g/mol. The van der Waals surface area contributed by atoms with E-state index in [4.69, 9.17) is 0 Å². The third-order valence-corrected chi connectivity index (χ3v) is 15.2. The summed E-state index contributed by atoms with van der Waals surface area (Å²) in [7, 11) is -1.04. The second kappa shape index (κ2) is 11.6. The first-order valence-corrected chi connectivity index (χ1v) is 22.3. The number of hydrogen-bond donors (Lipinski definition) is 0. The molecule has 4 aromatic rings. The Morgan fingerprint density at radius 2 is 1.50 bits per heavy atom. The van der Waals surface area contributed by atoms with Gasteiger partial charge in [-0.15, -0.1) is 0 Å². The van der Waals surface area contributed by atoms with E-state index >= 15 is 0 Å². The molecule has 6 aliphatic rings. The van der Waals surface area contributed by atoms with Crippen LogP contribution < -0.4 is 25.6 Å². The molecule has 0 N–H and O–H groups in total. The van der Waals surface area contributed by atoms with Crippen LogP contribution in [0.3, 0.4) is 0 Å². The quantitative estimate of drug-likeness (QED) is 0.192. The Hall–Kier alpha value is -4.35. The summed E-state index contributed by atoms with van der Waals surface area (Å²) in [6.45, 7) is 5.51. The van der Waals surface area contributed by atoms with Crippen LogP contribution in [0.25, 0.3) is 0 Å². The molecule has 10 rings (SSSR count). The van der Waals surface area contributed by atoms with Crippen molar-refractivity contribution < 1.29 is 0 Å². The zero-order valence-electron chi connectivity index (χ0n) is 31.4. The van der Waals surface area contributed by atoms with Gasteiger partial charge in [0.1, 0.15) is 0 Å². The van der Waals surface area contributed by atoms with Crippen LogP contribution in [0.4, 0.5) is 34.1 Å². The molecule has 1 fully saturated rings. The number of rotatable bonds is 5. The van der Waals surface area contributed by atoms with Crippen molar-refractivity contribution in [2.45, 2.75) is 75.0 Å². The van der Waals surface area contributed by atoms with Crippen LogP contribution in [0.2, 0.25) is 5.82 Å². The monoisotopic (exact) mass is 699 g/mol. The number of hydrogen-bond acceptors (Lipinski definition) is 3. The van der Waals surface area contributed by atoms with Gasteiger partial charge in [0.2, 0.25) is 6.71 Å². The zero-order chi connectivity index (χ0) is 35.4. The topological polar surface area (TPSA) is 9.72 Å². The van der Waals surface area contributed by atoms with E-state index in [2.05, 4.69) is 169 Å². The van der Waals surface area contributed by atoms with Crippen molar-refractivity contribution in [3.05, 3.63) is 138 Å². The van der Waals surface area contributed by atoms with Crippen molar-refractivity contribution in [3.63, 3.8) is 0 Å². The molecule has 3 heterocycles. The smallest absolute Gasteiger partial charge is 0.226 e. The minimum Gasteiger partial charge on any atom is -0.339 e. The Bertz CT molecular complexity index is 2230. The summed E-state index contributed by atoms with van der Waals surface area (Å²) in [6, 6.07) is 34.8. The summed E-state index contributed by atoms with van der Waals surface area (Å²) >= 11 is 0. The van der Waals surface area contributed by atoms with Crippen molar-refractivity contribution in [1.29, 1.82) is 0 Å². The number of nitrogens with zero attached hydrogens (tertiary/aromatic N) is 3. The van der Waals surface area contributed by atoms with E-state index in [9.17, 15) is 0 Å². The normalized spacial score (nSPS) is 25.7. The van der Waals surface area contributed by atoms with E-state index in [0.717, 1.165) is 19.3 Å². The van der Waals surface area contributed by atoms with Gasteiger partial charge in [-0.2, -0.15) is 0 Å². The van der Waals surface area contributed by atoms with Crippen molar-refractivity contribution in [2.75, 3.05) is 33.5 Å². The summed E-state index contributed by atoms with van der Waals surface area (Å²) in [4.78, 5) is 9.51. The fourth-order valence-corrected chi connectivity index (χ4v) is 11.8. The molecule has 52 heavy (non-hydrogen) atoms. The Morgan fingerprint density at radius 1 is 0.750 bits per heavy atom. The molecule has 0 spiro atoms. The van der Waals surface area contributed by atoms with E-state index in [1.165, 1.54) is 81.3 Å². The van der Waals surface area contributed by atoms with Crippen LogP contribution in [0.1, 0.15) is 58.8 Å². The molecule has 3 aliphatic carbocycles. The lowest BCUT2D eigenvalue weighted by atomic mass is 9.29. The lowest BCUT2D eigenvalue weighted by Crippen LogP contribution is -2.62. The summed E-state index contributed by atoms with van der Waals surface area (Å²) in [6.07, 6.45) is 27.9. The van der Waals surface area contributed by atoms with Crippen molar-refractivity contribution in [2.24, 2.45) is 5.41 Å². The van der Waals surface area contributed by atoms with Crippen LogP contribution >= 0.6 is 10.0 Å². The highest BCUT2D eigenvalue weighted by molar-refractivity contribution is 8.32. The van der Waals surface area contributed by atoms with Gasteiger partial charge in [0, 0.05) is 50.9 Å². The van der Waals surface area contributed by atoms with E-state index in [1.54, 1.807) is 11.3 Å². The summed E-state index contributed by atoms with van der Waals surface area (Å²) in [5.74, 6) is 0.412. The van der Waals surface area contributed by atoms with E-state index < -0.39 is 10.0 Å². The van der Waals surface area contributed by atoms with Gasteiger partial charge in [-0.1, -0.05) is 86.5 Å². The highest BCUT2D eigenvalue weighted by Crippen LogP contribution is 2.66. The fraction of sp³-hybridized carbons (Fsp3) is 0.319. The molecule has 0 bridgehead atoms.